The van der Waals surface area contributed by atoms with Crippen molar-refractivity contribution in [2.24, 2.45) is 5.73 Å². The average Bonchev–Trinajstić information content (AvgIpc) is 2.73. The molecule has 0 atom stereocenters. The van der Waals surface area contributed by atoms with Crippen molar-refractivity contribution in [3.05, 3.63) is 18.0 Å². The fraction of sp³-hybridized carbons (Fsp3) is 0.769. The van der Waals surface area contributed by atoms with E-state index in [0.717, 1.165) is 13.0 Å². The van der Waals surface area contributed by atoms with Crippen LogP contribution < -0.4 is 5.73 Å². The van der Waals surface area contributed by atoms with Crippen molar-refractivity contribution < 1.29 is 0 Å². The van der Waals surface area contributed by atoms with Gasteiger partial charge >= 0.3 is 0 Å². The monoisotopic (exact) mass is 255 g/mol. The summed E-state index contributed by atoms with van der Waals surface area (Å²) in [5, 5.41) is 4.04. The lowest BCUT2D eigenvalue weighted by Crippen LogP contribution is -1.97. The first-order chi connectivity index (χ1) is 8.33. The van der Waals surface area contributed by atoms with Crippen LogP contribution in [0.1, 0.15) is 56.9 Å². The summed E-state index contributed by atoms with van der Waals surface area (Å²) in [7, 11) is 0. The Balaban J connectivity index is 1.84. The molecule has 1 rings (SSSR count). The average molecular weight is 255 g/mol. The molecule has 0 unspecified atom stereocenters. The Morgan fingerprint density at radius 2 is 1.59 bits per heavy atom. The minimum absolute atomic E-state index is 0.846. The number of thiol groups is 1. The van der Waals surface area contributed by atoms with E-state index in [-0.39, 0.29) is 0 Å². The molecule has 0 bridgehead atoms. The first-order valence-corrected chi connectivity index (χ1v) is 7.16. The Kier molecular flexibility index (Phi) is 8.18. The highest BCUT2D eigenvalue weighted by Gasteiger charge is 1.96. The molecule has 0 aliphatic carbocycles. The first kappa shape index (κ1) is 14.6. The zero-order valence-corrected chi connectivity index (χ0v) is 11.5. The second-order valence-corrected chi connectivity index (χ2v) is 5.05. The van der Waals surface area contributed by atoms with Gasteiger partial charge in [0.25, 0.3) is 0 Å². The number of unbranched alkanes of at least 4 members (excludes halogenated alkanes) is 7. The molecule has 98 valence electrons. The van der Waals surface area contributed by atoms with Crippen LogP contribution in [0, 0.1) is 0 Å². The van der Waals surface area contributed by atoms with Gasteiger partial charge in [-0.05, 0) is 44.2 Å². The maximum Gasteiger partial charge on any atom is 0.0532 e. The zero-order chi connectivity index (χ0) is 12.3. The molecular formula is C13H25N3S. The summed E-state index contributed by atoms with van der Waals surface area (Å²) in [6, 6.07) is 0. The second-order valence-electron chi connectivity index (χ2n) is 4.64. The molecule has 0 spiro atoms. The summed E-state index contributed by atoms with van der Waals surface area (Å²) in [4.78, 5) is 0. The Hall–Kier alpha value is -0.480. The zero-order valence-electron chi connectivity index (χ0n) is 10.6. The van der Waals surface area contributed by atoms with Crippen molar-refractivity contribution in [3.63, 3.8) is 0 Å². The molecule has 1 aromatic rings. The van der Waals surface area contributed by atoms with Crippen LogP contribution in [-0.2, 0) is 6.42 Å². The predicted molar refractivity (Wildman–Crippen MR) is 76.3 cm³/mol. The highest BCUT2D eigenvalue weighted by molar-refractivity contribution is 7.78. The number of aromatic nitrogens is 2. The summed E-state index contributed by atoms with van der Waals surface area (Å²) in [5.41, 5.74) is 6.75. The third kappa shape index (κ3) is 7.45. The molecule has 0 aliphatic rings. The van der Waals surface area contributed by atoms with E-state index in [9.17, 15) is 0 Å². The maximum atomic E-state index is 5.45. The van der Waals surface area contributed by atoms with Gasteiger partial charge in [-0.15, -0.1) is 0 Å². The van der Waals surface area contributed by atoms with E-state index in [1.807, 2.05) is 12.4 Å². The minimum atomic E-state index is 0.846. The second kappa shape index (κ2) is 9.54. The van der Waals surface area contributed by atoms with Gasteiger partial charge < -0.3 is 5.73 Å². The Morgan fingerprint density at radius 3 is 2.12 bits per heavy atom. The minimum Gasteiger partial charge on any atom is -0.330 e. The lowest BCUT2D eigenvalue weighted by molar-refractivity contribution is 0.570. The van der Waals surface area contributed by atoms with Gasteiger partial charge in [-0.3, -0.25) is 0 Å². The van der Waals surface area contributed by atoms with Crippen molar-refractivity contribution in [2.45, 2.75) is 57.8 Å². The lowest BCUT2D eigenvalue weighted by Gasteiger charge is -2.01. The SMILES string of the molecule is NCCCCCCCCCCc1cnn(S)c1. The number of nitrogens with zero attached hydrogens (tertiary/aromatic N) is 2. The molecule has 0 saturated carbocycles. The summed E-state index contributed by atoms with van der Waals surface area (Å²) in [6.45, 7) is 0.846. The first-order valence-electron chi connectivity index (χ1n) is 6.76. The highest BCUT2D eigenvalue weighted by Crippen LogP contribution is 2.11. The van der Waals surface area contributed by atoms with Crippen molar-refractivity contribution >= 4 is 12.8 Å². The molecule has 0 fully saturated rings. The molecule has 0 radical (unpaired) electrons. The number of hydrogen-bond donors (Lipinski definition) is 2. The summed E-state index contributed by atoms with van der Waals surface area (Å²) in [6.07, 6.45) is 15.6. The van der Waals surface area contributed by atoms with Crippen LogP contribution in [-0.4, -0.2) is 15.7 Å². The van der Waals surface area contributed by atoms with Crippen LogP contribution in [0.2, 0.25) is 0 Å². The van der Waals surface area contributed by atoms with Gasteiger partial charge in [0, 0.05) is 6.20 Å². The Labute approximate surface area is 110 Å². The smallest absolute Gasteiger partial charge is 0.0532 e. The molecule has 0 aliphatic heterocycles. The van der Waals surface area contributed by atoms with Crippen LogP contribution in [0.15, 0.2) is 12.4 Å². The third-order valence-corrected chi connectivity index (χ3v) is 3.26. The van der Waals surface area contributed by atoms with Crippen LogP contribution in [0.4, 0.5) is 0 Å². The van der Waals surface area contributed by atoms with Crippen LogP contribution in [0.5, 0.6) is 0 Å². The molecular weight excluding hydrogens is 230 g/mol. The number of rotatable bonds is 10. The number of hydrogen-bond acceptors (Lipinski definition) is 3. The Morgan fingerprint density at radius 1 is 1.00 bits per heavy atom. The van der Waals surface area contributed by atoms with E-state index in [4.69, 9.17) is 5.73 Å². The Bertz CT molecular complexity index is 286. The van der Waals surface area contributed by atoms with Gasteiger partial charge in [-0.1, -0.05) is 38.5 Å². The fourth-order valence-corrected chi connectivity index (χ4v) is 2.21. The highest BCUT2D eigenvalue weighted by atomic mass is 32.1. The van der Waals surface area contributed by atoms with E-state index < -0.39 is 0 Å². The molecule has 0 amide bonds. The summed E-state index contributed by atoms with van der Waals surface area (Å²) < 4.78 is 1.58. The van der Waals surface area contributed by atoms with Crippen molar-refractivity contribution in [2.75, 3.05) is 6.54 Å². The standard InChI is InChI=1S/C13H25N3S/c14-10-8-6-4-2-1-3-5-7-9-13-11-15-16(17)12-13/h11-12,17H,1-10,14H2. The summed E-state index contributed by atoms with van der Waals surface area (Å²) in [5.74, 6) is 0. The molecule has 2 N–H and O–H groups in total. The molecule has 17 heavy (non-hydrogen) atoms. The molecule has 3 nitrogen and oxygen atoms in total. The van der Waals surface area contributed by atoms with Crippen LogP contribution >= 0.6 is 12.8 Å². The van der Waals surface area contributed by atoms with E-state index in [2.05, 4.69) is 17.9 Å². The normalized spacial score (nSPS) is 10.9. The van der Waals surface area contributed by atoms with E-state index >= 15 is 0 Å². The molecule has 0 saturated heterocycles. The third-order valence-electron chi connectivity index (χ3n) is 3.04. The van der Waals surface area contributed by atoms with Gasteiger partial charge in [0.2, 0.25) is 0 Å². The van der Waals surface area contributed by atoms with Gasteiger partial charge in [0.05, 0.1) is 6.20 Å². The summed E-state index contributed by atoms with van der Waals surface area (Å²) >= 11 is 4.12. The van der Waals surface area contributed by atoms with Crippen LogP contribution in [0.3, 0.4) is 0 Å². The largest absolute Gasteiger partial charge is 0.330 e. The predicted octanol–water partition coefficient (Wildman–Crippen LogP) is 3.20. The topological polar surface area (TPSA) is 43.8 Å². The number of aryl methyl sites for hydroxylation is 1. The fourth-order valence-electron chi connectivity index (χ4n) is 2.01. The lowest BCUT2D eigenvalue weighted by atomic mass is 10.1. The maximum absolute atomic E-state index is 5.45. The van der Waals surface area contributed by atoms with Gasteiger partial charge in [0.15, 0.2) is 0 Å². The van der Waals surface area contributed by atoms with Crippen molar-refractivity contribution in [1.82, 2.24) is 9.19 Å². The molecule has 4 heteroatoms. The van der Waals surface area contributed by atoms with E-state index in [0.29, 0.717) is 0 Å². The molecule has 1 aromatic heterocycles. The van der Waals surface area contributed by atoms with Crippen molar-refractivity contribution in [3.8, 4) is 0 Å². The van der Waals surface area contributed by atoms with E-state index in [1.54, 1.807) is 4.09 Å². The quantitative estimate of drug-likeness (QED) is 0.498. The number of nitrogens with two attached hydrogens (primary N) is 1. The van der Waals surface area contributed by atoms with Crippen molar-refractivity contribution in [1.29, 1.82) is 0 Å². The molecule has 0 aromatic carbocycles. The van der Waals surface area contributed by atoms with Gasteiger partial charge in [0.1, 0.15) is 0 Å². The van der Waals surface area contributed by atoms with Crippen LogP contribution in [0.25, 0.3) is 0 Å². The van der Waals surface area contributed by atoms with E-state index in [1.165, 1.54) is 56.9 Å². The van der Waals surface area contributed by atoms with Gasteiger partial charge in [-0.25, -0.2) is 4.09 Å². The van der Waals surface area contributed by atoms with Gasteiger partial charge in [-0.2, -0.15) is 5.10 Å². The molecule has 1 heterocycles.